The minimum absolute atomic E-state index is 0.0836. The van der Waals surface area contributed by atoms with Gasteiger partial charge in [0, 0.05) is 16.4 Å². The van der Waals surface area contributed by atoms with Crippen LogP contribution in [0.15, 0.2) is 18.0 Å². The van der Waals surface area contributed by atoms with Gasteiger partial charge < -0.3 is 20.3 Å². The molecule has 0 unspecified atom stereocenters. The number of nitrogens with zero attached hydrogens (tertiary/aromatic N) is 3. The molecule has 0 spiro atoms. The Balaban J connectivity index is 1.45. The maximum absolute atomic E-state index is 13.4. The predicted octanol–water partition coefficient (Wildman–Crippen LogP) is 7.82. The molecule has 9 heteroatoms. The summed E-state index contributed by atoms with van der Waals surface area (Å²) in [5.74, 6) is 0.618. The number of halogens is 1. The molecule has 2 bridgehead atoms. The van der Waals surface area contributed by atoms with E-state index in [1.165, 1.54) is 5.57 Å². The fourth-order valence-electron chi connectivity index (χ4n) is 12.0. The van der Waals surface area contributed by atoms with Gasteiger partial charge in [-0.1, -0.05) is 74.0 Å². The maximum Gasteiger partial charge on any atom is 0.307 e. The van der Waals surface area contributed by atoms with Gasteiger partial charge in [-0.05, 0) is 103 Å². The number of ether oxygens (including phenoxy) is 2. The summed E-state index contributed by atoms with van der Waals surface area (Å²) in [7, 11) is 0. The predicted molar refractivity (Wildman–Crippen MR) is 185 cm³/mol. The van der Waals surface area contributed by atoms with Crippen LogP contribution in [0.5, 0.6) is 0 Å². The average molecular weight is 673 g/mol. The standard InChI is InChI=1S/C38H61ClN4O4/c1-22(2)24(5)33(6)15-16-35(8)25-11-12-28-34(7)18-46-20-38(28,26(25)13-14-36(35,9)29(33)31(44)45)17-27(43-21-41-42-32(43)39)30(34)47-19-37(10,40)23(3)4/h13,21-25,27-30H,11-12,14-20,40H2,1-10H3,(H,44,45)/t24-,25+,27-,28+,29-,30+,33-,34+,35-,36+,37+,38+/m1/s1. The third-order valence-electron chi connectivity index (χ3n) is 15.9. The molecule has 8 nitrogen and oxygen atoms in total. The molecule has 6 rings (SSSR count). The first-order valence-corrected chi connectivity index (χ1v) is 18.6. The Morgan fingerprint density at radius 3 is 2.45 bits per heavy atom. The highest BCUT2D eigenvalue weighted by atomic mass is 35.5. The van der Waals surface area contributed by atoms with Crippen LogP contribution in [0.4, 0.5) is 0 Å². The Labute approximate surface area is 288 Å². The van der Waals surface area contributed by atoms with Crippen molar-refractivity contribution in [3.63, 3.8) is 0 Å². The molecule has 12 atom stereocenters. The van der Waals surface area contributed by atoms with Crippen LogP contribution in [-0.4, -0.2) is 57.3 Å². The number of carboxylic acids is 1. The fraction of sp³-hybridized carbons (Fsp3) is 0.868. The van der Waals surface area contributed by atoms with Crippen LogP contribution in [0.1, 0.15) is 114 Å². The number of allylic oxidation sites excluding steroid dienone is 1. The molecule has 3 N–H and O–H groups in total. The van der Waals surface area contributed by atoms with E-state index in [0.29, 0.717) is 48.8 Å². The van der Waals surface area contributed by atoms with Crippen molar-refractivity contribution in [3.8, 4) is 0 Å². The van der Waals surface area contributed by atoms with Gasteiger partial charge in [-0.3, -0.25) is 9.36 Å². The summed E-state index contributed by atoms with van der Waals surface area (Å²) in [5.41, 5.74) is 6.55. The Bertz CT molecular complexity index is 1410. The van der Waals surface area contributed by atoms with Crippen molar-refractivity contribution in [1.82, 2.24) is 14.8 Å². The minimum atomic E-state index is -0.626. The van der Waals surface area contributed by atoms with Crippen LogP contribution < -0.4 is 5.73 Å². The van der Waals surface area contributed by atoms with Gasteiger partial charge in [0.25, 0.3) is 0 Å². The quantitative estimate of drug-likeness (QED) is 0.271. The van der Waals surface area contributed by atoms with E-state index in [-0.39, 0.29) is 45.1 Å². The lowest BCUT2D eigenvalue weighted by molar-refractivity contribution is -0.251. The molecule has 1 aliphatic heterocycles. The van der Waals surface area contributed by atoms with Crippen molar-refractivity contribution in [2.24, 2.45) is 68.3 Å². The highest BCUT2D eigenvalue weighted by Gasteiger charge is 2.72. The molecule has 1 aromatic heterocycles. The van der Waals surface area contributed by atoms with E-state index in [2.05, 4.69) is 85.5 Å². The maximum atomic E-state index is 13.4. The van der Waals surface area contributed by atoms with Gasteiger partial charge >= 0.3 is 5.97 Å². The second-order valence-corrected chi connectivity index (χ2v) is 18.9. The molecule has 2 heterocycles. The number of carboxylic acid groups (broad SMARTS) is 1. The number of fused-ring (bicyclic) bond motifs is 3. The summed E-state index contributed by atoms with van der Waals surface area (Å²) in [4.78, 5) is 13.4. The first-order valence-electron chi connectivity index (χ1n) is 18.3. The number of aliphatic carboxylic acids is 1. The Kier molecular flexibility index (Phi) is 8.67. The molecule has 0 amide bonds. The van der Waals surface area contributed by atoms with Crippen LogP contribution in [0.2, 0.25) is 5.28 Å². The normalized spacial score (nSPS) is 45.0. The third-order valence-corrected chi connectivity index (χ3v) is 16.1. The summed E-state index contributed by atoms with van der Waals surface area (Å²) < 4.78 is 15.7. The molecule has 1 aromatic rings. The van der Waals surface area contributed by atoms with Crippen molar-refractivity contribution < 1.29 is 19.4 Å². The van der Waals surface area contributed by atoms with Gasteiger partial charge in [-0.2, -0.15) is 0 Å². The van der Waals surface area contributed by atoms with Crippen molar-refractivity contribution in [2.75, 3.05) is 19.8 Å². The first-order chi connectivity index (χ1) is 21.8. The number of rotatable bonds is 8. The zero-order valence-corrected chi connectivity index (χ0v) is 31.4. The zero-order chi connectivity index (χ0) is 34.5. The van der Waals surface area contributed by atoms with Gasteiger partial charge in [0.2, 0.25) is 5.28 Å². The summed E-state index contributed by atoms with van der Waals surface area (Å²) in [6, 6.07) is -0.0836. The van der Waals surface area contributed by atoms with Crippen molar-refractivity contribution in [3.05, 3.63) is 23.3 Å². The summed E-state index contributed by atoms with van der Waals surface area (Å²) >= 11 is 6.75. The third kappa shape index (κ3) is 4.87. The molecule has 5 aliphatic rings. The van der Waals surface area contributed by atoms with Crippen molar-refractivity contribution >= 4 is 17.6 Å². The van der Waals surface area contributed by atoms with Crippen LogP contribution in [0.3, 0.4) is 0 Å². The molecule has 3 saturated carbocycles. The van der Waals surface area contributed by atoms with Crippen LogP contribution >= 0.6 is 11.6 Å². The van der Waals surface area contributed by atoms with Gasteiger partial charge in [0.05, 0.1) is 37.9 Å². The lowest BCUT2D eigenvalue weighted by atomic mass is 9.34. The molecule has 4 aliphatic carbocycles. The Morgan fingerprint density at radius 1 is 1.15 bits per heavy atom. The van der Waals surface area contributed by atoms with Crippen LogP contribution in [0.25, 0.3) is 0 Å². The topological polar surface area (TPSA) is 112 Å². The molecular weight excluding hydrogens is 612 g/mol. The smallest absolute Gasteiger partial charge is 0.307 e. The fourth-order valence-corrected chi connectivity index (χ4v) is 12.3. The largest absolute Gasteiger partial charge is 0.481 e. The number of aromatic nitrogens is 3. The Morgan fingerprint density at radius 2 is 1.85 bits per heavy atom. The minimum Gasteiger partial charge on any atom is -0.481 e. The van der Waals surface area contributed by atoms with E-state index in [4.69, 9.17) is 26.8 Å². The molecule has 0 aromatic carbocycles. The SMILES string of the molecule is CC(C)[C@@H](C)[C@@]1(C)CC[C@]2(C)[C@H]3CC[C@@H]4[C@@]5(COC[C@]4(C)[C@@H](OC[C@](C)(N)C(C)C)[C@H](n4cnnc4Cl)C5)C3=CC[C@@]2(C)[C@@H]1C(=O)O. The molecule has 4 fully saturated rings. The number of carbonyl (C=O) groups is 1. The first kappa shape index (κ1) is 35.3. The molecule has 1 saturated heterocycles. The lowest BCUT2D eigenvalue weighted by Gasteiger charge is -2.71. The van der Waals surface area contributed by atoms with E-state index in [1.807, 2.05) is 4.57 Å². The van der Waals surface area contributed by atoms with Gasteiger partial charge in [0.15, 0.2) is 0 Å². The van der Waals surface area contributed by atoms with Crippen LogP contribution in [0, 0.1) is 62.6 Å². The number of hydrogen-bond acceptors (Lipinski definition) is 6. The van der Waals surface area contributed by atoms with E-state index in [1.54, 1.807) is 6.33 Å². The van der Waals surface area contributed by atoms with Gasteiger partial charge in [-0.25, -0.2) is 0 Å². The van der Waals surface area contributed by atoms with E-state index < -0.39 is 17.4 Å². The van der Waals surface area contributed by atoms with Crippen molar-refractivity contribution in [2.45, 2.75) is 125 Å². The summed E-state index contributed by atoms with van der Waals surface area (Å²) in [6.07, 6.45) is 9.77. The average Bonchev–Trinajstić information content (AvgIpc) is 3.41. The second-order valence-electron chi connectivity index (χ2n) is 18.5. The molecule has 264 valence electrons. The zero-order valence-electron chi connectivity index (χ0n) is 30.6. The molecule has 47 heavy (non-hydrogen) atoms. The molecular formula is C38H61ClN4O4. The Hall–Kier alpha value is -1.48. The highest BCUT2D eigenvalue weighted by Crippen LogP contribution is 2.75. The van der Waals surface area contributed by atoms with Crippen LogP contribution in [-0.2, 0) is 14.3 Å². The van der Waals surface area contributed by atoms with E-state index >= 15 is 0 Å². The molecule has 0 radical (unpaired) electrons. The van der Waals surface area contributed by atoms with Gasteiger partial charge in [-0.15, -0.1) is 10.2 Å². The van der Waals surface area contributed by atoms with Gasteiger partial charge in [0.1, 0.15) is 6.33 Å². The van der Waals surface area contributed by atoms with Crippen molar-refractivity contribution in [1.29, 1.82) is 0 Å². The second kappa shape index (κ2) is 11.5. The highest BCUT2D eigenvalue weighted by molar-refractivity contribution is 6.28. The summed E-state index contributed by atoms with van der Waals surface area (Å²) in [6.45, 7) is 24.3. The van der Waals surface area contributed by atoms with E-state index in [0.717, 1.165) is 38.5 Å². The summed E-state index contributed by atoms with van der Waals surface area (Å²) in [5, 5.41) is 19.8. The monoisotopic (exact) mass is 672 g/mol. The number of nitrogens with two attached hydrogens (primary N) is 1. The number of hydrogen-bond donors (Lipinski definition) is 2. The lowest BCUT2D eigenvalue weighted by Crippen LogP contribution is -2.69. The van der Waals surface area contributed by atoms with E-state index in [9.17, 15) is 9.90 Å².